The van der Waals surface area contributed by atoms with Gasteiger partial charge in [-0.3, -0.25) is 4.79 Å². The zero-order chi connectivity index (χ0) is 32.6. The molecule has 1 aliphatic carbocycles. The number of aliphatic hydroxyl groups excluding tert-OH is 2. The Balaban J connectivity index is 0.000000838. The molecule has 0 amide bonds. The Hall–Kier alpha value is -2.84. The van der Waals surface area contributed by atoms with E-state index in [1.807, 2.05) is 0 Å². The Morgan fingerprint density at radius 3 is 2.31 bits per heavy atom. The number of aliphatic hydroxyl groups is 2. The number of hydrogen-bond acceptors (Lipinski definition) is 7. The lowest BCUT2D eigenvalue weighted by atomic mass is 9.74. The van der Waals surface area contributed by atoms with Gasteiger partial charge in [0.2, 0.25) is 0 Å². The van der Waals surface area contributed by atoms with E-state index in [0.29, 0.717) is 24.9 Å². The molecule has 0 aromatic heterocycles. The quantitative estimate of drug-likeness (QED) is 0.0950. The molecule has 0 radical (unpaired) electrons. The molecule has 2 N–H and O–H groups in total. The summed E-state index contributed by atoms with van der Waals surface area (Å²) in [7, 11) is 1.65. The van der Waals surface area contributed by atoms with E-state index in [4.69, 9.17) is 24.4 Å². The smallest absolute Gasteiger partial charge is 0.335 e. The number of unbranched alkanes of at least 4 members (excludes halogenated alkanes) is 2. The molecule has 1 heterocycles. The van der Waals surface area contributed by atoms with E-state index in [9.17, 15) is 9.59 Å². The van der Waals surface area contributed by atoms with Crippen molar-refractivity contribution in [2.24, 2.45) is 11.8 Å². The van der Waals surface area contributed by atoms with Crippen LogP contribution in [0.1, 0.15) is 94.1 Å². The van der Waals surface area contributed by atoms with Gasteiger partial charge in [0.1, 0.15) is 12.9 Å². The van der Waals surface area contributed by atoms with Crippen LogP contribution >= 0.6 is 0 Å². The van der Waals surface area contributed by atoms with Gasteiger partial charge in [0.25, 0.3) is 0 Å². The van der Waals surface area contributed by atoms with Crippen LogP contribution in [0.4, 0.5) is 0 Å². The molecule has 1 saturated carbocycles. The molecule has 7 heteroatoms. The van der Waals surface area contributed by atoms with Crippen molar-refractivity contribution in [2.45, 2.75) is 89.1 Å². The van der Waals surface area contributed by atoms with E-state index in [1.54, 1.807) is 7.11 Å². The van der Waals surface area contributed by atoms with Crippen molar-refractivity contribution >= 4 is 23.0 Å². The number of hydrogen-bond donors (Lipinski definition) is 2. The van der Waals surface area contributed by atoms with Gasteiger partial charge in [-0.25, -0.2) is 4.79 Å². The van der Waals surface area contributed by atoms with E-state index in [1.165, 1.54) is 80.5 Å². The second kappa shape index (κ2) is 19.6. The molecule has 2 aromatic rings. The summed E-state index contributed by atoms with van der Waals surface area (Å²) in [6.07, 6.45) is 14.0. The van der Waals surface area contributed by atoms with Gasteiger partial charge in [0.15, 0.2) is 0 Å². The fourth-order valence-electron chi connectivity index (χ4n) is 6.55. The number of fused-ring (bicyclic) bond motifs is 1. The van der Waals surface area contributed by atoms with E-state index >= 15 is 0 Å². The zero-order valence-corrected chi connectivity index (χ0v) is 27.4. The number of benzene rings is 2. The van der Waals surface area contributed by atoms with Gasteiger partial charge in [-0.15, -0.1) is 0 Å². The Kier molecular flexibility index (Phi) is 16.0. The van der Waals surface area contributed by atoms with Crippen LogP contribution in [0.3, 0.4) is 0 Å². The molecule has 1 aliphatic heterocycles. The Morgan fingerprint density at radius 2 is 1.71 bits per heavy atom. The van der Waals surface area contributed by atoms with Crippen LogP contribution in [0, 0.1) is 11.8 Å². The molecule has 3 unspecified atom stereocenters. The minimum absolute atomic E-state index is 0.0592. The van der Waals surface area contributed by atoms with Crippen molar-refractivity contribution in [1.29, 1.82) is 0 Å². The fraction of sp³-hybridized carbons (Fsp3) is 0.579. The van der Waals surface area contributed by atoms with E-state index in [-0.39, 0.29) is 30.3 Å². The highest BCUT2D eigenvalue weighted by Crippen LogP contribution is 2.41. The molecule has 0 spiro atoms. The van der Waals surface area contributed by atoms with Crippen LogP contribution < -0.4 is 0 Å². The molecule has 2 aliphatic rings. The number of carbonyl (C=O) groups excluding carboxylic acids is 2. The zero-order valence-electron chi connectivity index (χ0n) is 27.4. The number of rotatable bonds is 15. The summed E-state index contributed by atoms with van der Waals surface area (Å²) in [5.74, 6) is 1.48. The predicted molar refractivity (Wildman–Crippen MR) is 179 cm³/mol. The first-order chi connectivity index (χ1) is 21.8. The predicted octanol–water partition coefficient (Wildman–Crippen LogP) is 7.04. The molecule has 0 bridgehead atoms. The van der Waals surface area contributed by atoms with Crippen LogP contribution in [0.25, 0.3) is 10.8 Å². The number of esters is 1. The maximum Gasteiger partial charge on any atom is 0.335 e. The molecule has 3 atom stereocenters. The van der Waals surface area contributed by atoms with Crippen LogP contribution in [0.5, 0.6) is 0 Å². The van der Waals surface area contributed by atoms with E-state index in [0.717, 1.165) is 24.0 Å². The normalized spacial score (nSPS) is 22.1. The maximum absolute atomic E-state index is 12.0. The summed E-state index contributed by atoms with van der Waals surface area (Å²) in [5.41, 5.74) is 2.79. The molecule has 248 valence electrons. The third kappa shape index (κ3) is 11.5. The molecule has 7 nitrogen and oxygen atoms in total. The Morgan fingerprint density at radius 1 is 0.978 bits per heavy atom. The molecule has 45 heavy (non-hydrogen) atoms. The monoisotopic (exact) mass is 622 g/mol. The van der Waals surface area contributed by atoms with Crippen LogP contribution in [0.15, 0.2) is 60.7 Å². The topological polar surface area (TPSA) is 102 Å². The average Bonchev–Trinajstić information content (AvgIpc) is 3.09. The molecule has 4 rings (SSSR count). The first kappa shape index (κ1) is 36.6. The van der Waals surface area contributed by atoms with E-state index < -0.39 is 12.6 Å². The van der Waals surface area contributed by atoms with Gasteiger partial charge >= 0.3 is 5.97 Å². The van der Waals surface area contributed by atoms with Crippen LogP contribution in [-0.4, -0.2) is 68.7 Å². The lowest BCUT2D eigenvalue weighted by Crippen LogP contribution is -2.34. The highest BCUT2D eigenvalue weighted by Gasteiger charge is 2.32. The Bertz CT molecular complexity index is 1220. The van der Waals surface area contributed by atoms with Gasteiger partial charge in [-0.1, -0.05) is 75.7 Å². The Labute approximate surface area is 269 Å². The van der Waals surface area contributed by atoms with E-state index in [2.05, 4.69) is 56.5 Å². The van der Waals surface area contributed by atoms with Gasteiger partial charge < -0.3 is 24.4 Å². The average molecular weight is 623 g/mol. The molecule has 1 saturated heterocycles. The van der Waals surface area contributed by atoms with Crippen molar-refractivity contribution < 1.29 is 34.0 Å². The van der Waals surface area contributed by atoms with Gasteiger partial charge in [-0.05, 0) is 84.6 Å². The minimum Gasteiger partial charge on any atom is -0.462 e. The second-order valence-corrected chi connectivity index (χ2v) is 12.7. The van der Waals surface area contributed by atoms with Crippen molar-refractivity contribution in [3.63, 3.8) is 0 Å². The number of carbonyl (C=O) groups is 2. The molecule has 2 aromatic carbocycles. The summed E-state index contributed by atoms with van der Waals surface area (Å²) in [6.45, 7) is 9.96. The summed E-state index contributed by atoms with van der Waals surface area (Å²) in [6, 6.07) is 13.3. The summed E-state index contributed by atoms with van der Waals surface area (Å²) in [4.78, 5) is 21.4. The van der Waals surface area contributed by atoms with Crippen molar-refractivity contribution in [2.75, 3.05) is 40.1 Å². The standard InChI is InChI=1S/C34H48O5.C4H6O2/c1-4-5-6-7-25-8-17-33(38-21-25)27-11-9-26(10-12-27)28-13-14-30-19-31(16-15-29(30)18-28)32(22-37-3)23-39-34(36)24(2)20-35;1-4(2-5)3-6/h13-16,18-19,25-27,32-33,35H,2,4-12,17,20-23H2,1,3H3;2,6H,1,3H2. The second-order valence-electron chi connectivity index (χ2n) is 12.7. The summed E-state index contributed by atoms with van der Waals surface area (Å²) >= 11 is 0. The van der Waals surface area contributed by atoms with Crippen LogP contribution in [-0.2, 0) is 23.8 Å². The number of ether oxygens (including phenoxy) is 3. The lowest BCUT2D eigenvalue weighted by molar-refractivity contribution is -0.140. The number of methoxy groups -OCH3 is 1. The SMILES string of the molecule is C=C(C=O)CO.C=C(CO)C(=O)OCC(COC)c1ccc2cc(C3CCC(C4CCC(CCCCC)CO4)CC3)ccc2c1. The molecular weight excluding hydrogens is 568 g/mol. The first-order valence-corrected chi connectivity index (χ1v) is 16.7. The van der Waals surface area contributed by atoms with Gasteiger partial charge in [-0.2, -0.15) is 0 Å². The summed E-state index contributed by atoms with van der Waals surface area (Å²) in [5, 5.41) is 19.5. The third-order valence-corrected chi connectivity index (χ3v) is 9.38. The highest BCUT2D eigenvalue weighted by atomic mass is 16.5. The first-order valence-electron chi connectivity index (χ1n) is 16.7. The van der Waals surface area contributed by atoms with Gasteiger partial charge in [0, 0.05) is 25.2 Å². The maximum atomic E-state index is 12.0. The largest absolute Gasteiger partial charge is 0.462 e. The van der Waals surface area contributed by atoms with Crippen molar-refractivity contribution in [3.05, 3.63) is 71.8 Å². The molecular formula is C38H54O7. The van der Waals surface area contributed by atoms with Crippen molar-refractivity contribution in [1.82, 2.24) is 0 Å². The van der Waals surface area contributed by atoms with Crippen molar-refractivity contribution in [3.8, 4) is 0 Å². The summed E-state index contributed by atoms with van der Waals surface area (Å²) < 4.78 is 17.2. The third-order valence-electron chi connectivity index (χ3n) is 9.38. The lowest BCUT2D eigenvalue weighted by Gasteiger charge is -2.38. The van der Waals surface area contributed by atoms with Crippen LogP contribution in [0.2, 0.25) is 0 Å². The number of aldehydes is 1. The highest BCUT2D eigenvalue weighted by molar-refractivity contribution is 5.88. The van der Waals surface area contributed by atoms with Gasteiger partial charge in [0.05, 0.1) is 31.5 Å². The molecule has 2 fully saturated rings. The minimum atomic E-state index is -0.569. The fourth-order valence-corrected chi connectivity index (χ4v) is 6.55.